The van der Waals surface area contributed by atoms with E-state index in [9.17, 15) is 26.3 Å². The third-order valence-corrected chi connectivity index (χ3v) is 12.1. The van der Waals surface area contributed by atoms with Gasteiger partial charge in [0.05, 0.1) is 41.0 Å². The van der Waals surface area contributed by atoms with Crippen molar-refractivity contribution in [3.8, 4) is 45.0 Å². The van der Waals surface area contributed by atoms with Crippen LogP contribution in [-0.2, 0) is 21.6 Å². The van der Waals surface area contributed by atoms with Gasteiger partial charge in [-0.25, -0.2) is 24.8 Å². The van der Waals surface area contributed by atoms with E-state index in [0.717, 1.165) is 99.6 Å². The van der Waals surface area contributed by atoms with Crippen molar-refractivity contribution in [3.05, 3.63) is 108 Å². The van der Waals surface area contributed by atoms with Crippen LogP contribution < -0.4 is 0 Å². The number of rotatable bonds is 10. The lowest BCUT2D eigenvalue weighted by molar-refractivity contribution is -0.160. The van der Waals surface area contributed by atoms with Crippen molar-refractivity contribution in [1.29, 1.82) is 0 Å². The van der Waals surface area contributed by atoms with Crippen LogP contribution in [-0.4, -0.2) is 104 Å². The largest absolute Gasteiger partial charge is 0.416 e. The highest BCUT2D eigenvalue weighted by Crippen LogP contribution is 2.39. The Morgan fingerprint density at radius 1 is 0.591 bits per heavy atom. The molecule has 2 aliphatic heterocycles. The number of alkyl halides is 6. The molecule has 0 radical (unpaired) electrons. The fourth-order valence-electron chi connectivity index (χ4n) is 7.51. The van der Waals surface area contributed by atoms with Gasteiger partial charge >= 0.3 is 12.4 Å². The average molecular weight is 953 g/mol. The number of hydrogen-bond donors (Lipinski definition) is 0. The standard InChI is InChI=1S/C22H22F3N5O2S.C22H22F3N5S.C2H6/c1-30-10-7-14(8-11-30)19-13-17(15-4-3-5-16(12-15)22(23,24)25)20(29-28-19)18-6-9-26-21(27-18)33-32-31-2;1-30-10-7-14(8-11-30)19-13-17(15-4-3-5-16(12-15)22(23,24)25)20(29-28-19)18-6-9-26-21(27-18)31-2;1-2/h3-6,9,12-14H,7-8,10-11H2,1-2H3;3-6,9,12-14H,7-8,10-11H2,1-2H3;1-2H3. The highest BCUT2D eigenvalue weighted by Gasteiger charge is 2.32. The predicted molar refractivity (Wildman–Crippen MR) is 243 cm³/mol. The number of halogens is 6. The maximum atomic E-state index is 13.4. The molecule has 4 aromatic heterocycles. The van der Waals surface area contributed by atoms with Gasteiger partial charge in [-0.1, -0.05) is 49.9 Å². The minimum atomic E-state index is -4.45. The topological polar surface area (TPSA) is 128 Å². The third kappa shape index (κ3) is 13.1. The molecular weight excluding hydrogens is 903 g/mol. The molecular formula is C46H50F6N10O2S2. The molecule has 2 fully saturated rings. The van der Waals surface area contributed by atoms with E-state index in [1.54, 1.807) is 30.5 Å². The molecule has 6 heterocycles. The number of likely N-dealkylation sites (tertiary alicyclic amines) is 2. The molecule has 12 nitrogen and oxygen atoms in total. The molecule has 0 bridgehead atoms. The van der Waals surface area contributed by atoms with Crippen molar-refractivity contribution in [3.63, 3.8) is 0 Å². The van der Waals surface area contributed by atoms with Crippen molar-refractivity contribution in [2.75, 3.05) is 53.6 Å². The van der Waals surface area contributed by atoms with Crippen LogP contribution in [0.15, 0.2) is 95.5 Å². The number of thioether (sulfide) groups is 1. The van der Waals surface area contributed by atoms with E-state index >= 15 is 0 Å². The average Bonchev–Trinajstić information content (AvgIpc) is 3.34. The summed E-state index contributed by atoms with van der Waals surface area (Å²) in [6, 6.07) is 17.6. The maximum Gasteiger partial charge on any atom is 0.416 e. The van der Waals surface area contributed by atoms with E-state index in [4.69, 9.17) is 4.33 Å². The van der Waals surface area contributed by atoms with E-state index in [1.165, 1.54) is 37.2 Å². The number of benzene rings is 2. The van der Waals surface area contributed by atoms with Crippen molar-refractivity contribution in [1.82, 2.24) is 50.1 Å². The van der Waals surface area contributed by atoms with Gasteiger partial charge in [0.2, 0.25) is 5.16 Å². The summed E-state index contributed by atoms with van der Waals surface area (Å²) < 4.78 is 85.1. The van der Waals surface area contributed by atoms with Crippen LogP contribution in [0.4, 0.5) is 26.3 Å². The van der Waals surface area contributed by atoms with E-state index < -0.39 is 23.5 Å². The van der Waals surface area contributed by atoms with Crippen molar-refractivity contribution >= 4 is 23.8 Å². The third-order valence-electron chi connectivity index (χ3n) is 11.0. The summed E-state index contributed by atoms with van der Waals surface area (Å²) in [5.41, 5.74) is 3.90. The molecule has 6 aromatic rings. The van der Waals surface area contributed by atoms with E-state index in [0.29, 0.717) is 50.2 Å². The highest BCUT2D eigenvalue weighted by atomic mass is 32.2. The van der Waals surface area contributed by atoms with Gasteiger partial charge < -0.3 is 9.80 Å². The Morgan fingerprint density at radius 3 is 1.42 bits per heavy atom. The Kier molecular flexibility index (Phi) is 17.6. The van der Waals surface area contributed by atoms with E-state index in [-0.39, 0.29) is 17.0 Å². The Hall–Kier alpha value is -5.12. The SMILES string of the molecule is CC.COOSc1nccc(-c2nnc(C3CCN(C)CC3)cc2-c2cccc(C(F)(F)F)c2)n1.CSc1nccc(-c2nnc(C3CCN(C)CC3)cc2-c2cccc(C(F)(F)F)c2)n1. The molecule has 0 aliphatic carbocycles. The van der Waals surface area contributed by atoms with Gasteiger partial charge in [0.25, 0.3) is 0 Å². The predicted octanol–water partition coefficient (Wildman–Crippen LogP) is 11.2. The minimum Gasteiger partial charge on any atom is -0.306 e. The fraction of sp³-hybridized carbons (Fsp3) is 0.391. The van der Waals surface area contributed by atoms with Crippen molar-refractivity contribution < 1.29 is 35.6 Å². The van der Waals surface area contributed by atoms with Crippen LogP contribution in [0.25, 0.3) is 45.0 Å². The van der Waals surface area contributed by atoms with Crippen LogP contribution >= 0.6 is 23.8 Å². The number of aromatic nitrogens is 8. The first kappa shape index (κ1) is 50.3. The molecule has 2 aromatic carbocycles. The lowest BCUT2D eigenvalue weighted by Crippen LogP contribution is -2.29. The summed E-state index contributed by atoms with van der Waals surface area (Å²) in [5, 5.41) is 18.6. The monoisotopic (exact) mass is 952 g/mol. The zero-order chi connectivity index (χ0) is 47.4. The first-order valence-corrected chi connectivity index (χ1v) is 23.2. The zero-order valence-corrected chi connectivity index (χ0v) is 38.9. The molecule has 0 N–H and O–H groups in total. The Morgan fingerprint density at radius 2 is 1.02 bits per heavy atom. The van der Waals surface area contributed by atoms with Gasteiger partial charge in [-0.2, -0.15) is 40.9 Å². The summed E-state index contributed by atoms with van der Waals surface area (Å²) >= 11 is 2.20. The molecule has 0 spiro atoms. The summed E-state index contributed by atoms with van der Waals surface area (Å²) in [4.78, 5) is 26.2. The summed E-state index contributed by atoms with van der Waals surface area (Å²) in [5.74, 6) is 0.424. The lowest BCUT2D eigenvalue weighted by atomic mass is 9.91. The normalized spacial score (nSPS) is 15.4. The van der Waals surface area contributed by atoms with Crippen LogP contribution in [0.3, 0.4) is 0 Å². The number of nitrogens with zero attached hydrogens (tertiary/aromatic N) is 10. The fourth-order valence-corrected chi connectivity index (χ4v) is 8.24. The highest BCUT2D eigenvalue weighted by molar-refractivity contribution is 7.98. The molecule has 66 heavy (non-hydrogen) atoms. The van der Waals surface area contributed by atoms with E-state index in [2.05, 4.69) is 69.1 Å². The Balaban J connectivity index is 0.000000211. The molecule has 0 atom stereocenters. The number of piperidine rings is 2. The van der Waals surface area contributed by atoms with Crippen LogP contribution in [0.5, 0.6) is 0 Å². The van der Waals surface area contributed by atoms with Gasteiger partial charge in [0.15, 0.2) is 5.16 Å². The summed E-state index contributed by atoms with van der Waals surface area (Å²) in [6.07, 6.45) is -0.166. The van der Waals surface area contributed by atoms with Crippen molar-refractivity contribution in [2.24, 2.45) is 0 Å². The second-order valence-electron chi connectivity index (χ2n) is 15.3. The first-order valence-electron chi connectivity index (χ1n) is 21.3. The second kappa shape index (κ2) is 23.1. The molecule has 0 saturated carbocycles. The zero-order valence-electron chi connectivity index (χ0n) is 37.3. The molecule has 8 rings (SSSR count). The lowest BCUT2D eigenvalue weighted by Gasteiger charge is -2.28. The molecule has 2 aliphatic rings. The molecule has 20 heteroatoms. The first-order chi connectivity index (χ1) is 31.7. The Bertz CT molecular complexity index is 2520. The smallest absolute Gasteiger partial charge is 0.306 e. The van der Waals surface area contributed by atoms with Gasteiger partial charge in [-0.3, -0.25) is 0 Å². The van der Waals surface area contributed by atoms with Gasteiger partial charge in [-0.15, -0.1) is 10.2 Å². The summed E-state index contributed by atoms with van der Waals surface area (Å²) in [6.45, 7) is 7.77. The van der Waals surface area contributed by atoms with Crippen LogP contribution in [0.2, 0.25) is 0 Å². The quantitative estimate of drug-likeness (QED) is 0.0323. The molecule has 0 unspecified atom stereocenters. The van der Waals surface area contributed by atoms with Gasteiger partial charge in [0, 0.05) is 35.4 Å². The summed E-state index contributed by atoms with van der Waals surface area (Å²) in [7, 11) is 5.50. The minimum absolute atomic E-state index is 0.193. The van der Waals surface area contributed by atoms with Crippen molar-refractivity contribution in [2.45, 2.75) is 74.0 Å². The van der Waals surface area contributed by atoms with Gasteiger partial charge in [-0.05, 0) is 132 Å². The van der Waals surface area contributed by atoms with E-state index in [1.807, 2.05) is 32.2 Å². The molecule has 350 valence electrons. The Labute approximate surface area is 388 Å². The molecule has 2 saturated heterocycles. The van der Waals surface area contributed by atoms with Crippen LogP contribution in [0.1, 0.15) is 73.9 Å². The second-order valence-corrected chi connectivity index (χ2v) is 16.8. The number of hydrogen-bond acceptors (Lipinski definition) is 14. The maximum absolute atomic E-state index is 13.4. The van der Waals surface area contributed by atoms with Gasteiger partial charge in [0.1, 0.15) is 23.4 Å². The molecule has 0 amide bonds. The van der Waals surface area contributed by atoms with Crippen LogP contribution in [0, 0.1) is 0 Å².